The zero-order valence-corrected chi connectivity index (χ0v) is 8.48. The van der Waals surface area contributed by atoms with Crippen molar-refractivity contribution in [3.63, 3.8) is 0 Å². The van der Waals surface area contributed by atoms with Crippen LogP contribution in [0, 0.1) is 11.6 Å². The van der Waals surface area contributed by atoms with Gasteiger partial charge in [0.05, 0.1) is 23.8 Å². The van der Waals surface area contributed by atoms with Crippen LogP contribution in [0.4, 0.5) is 8.78 Å². The van der Waals surface area contributed by atoms with E-state index in [-0.39, 0.29) is 5.56 Å². The second-order valence-corrected chi connectivity index (χ2v) is 3.63. The summed E-state index contributed by atoms with van der Waals surface area (Å²) in [6, 6.07) is 2.42. The van der Waals surface area contributed by atoms with Crippen LogP contribution in [-0.2, 0) is 0 Å². The summed E-state index contributed by atoms with van der Waals surface area (Å²) in [5.74, 6) is -1.25. The Balaban J connectivity index is 2.64. The van der Waals surface area contributed by atoms with E-state index in [4.69, 9.17) is 0 Å². The molecule has 1 N–H and O–H groups in total. The molecule has 0 fully saturated rings. The minimum Gasteiger partial charge on any atom is -0.344 e. The molecule has 0 saturated carbocycles. The topological polar surface area (TPSA) is 28.7 Å². The van der Waals surface area contributed by atoms with Crippen LogP contribution >= 0.6 is 15.9 Å². The average molecular weight is 259 g/mol. The minimum atomic E-state index is -0.624. The maximum atomic E-state index is 13.4. The highest BCUT2D eigenvalue weighted by Gasteiger charge is 2.13. The zero-order chi connectivity index (χ0) is 10.1. The highest BCUT2D eigenvalue weighted by molar-refractivity contribution is 9.10. The molecule has 2 nitrogen and oxygen atoms in total. The molecular weight excluding hydrogens is 254 g/mol. The Kier molecular flexibility index (Phi) is 2.33. The maximum Gasteiger partial charge on any atom is 0.136 e. The smallest absolute Gasteiger partial charge is 0.136 e. The number of aromatic nitrogens is 2. The number of rotatable bonds is 1. The van der Waals surface area contributed by atoms with Gasteiger partial charge in [0.1, 0.15) is 11.6 Å². The van der Waals surface area contributed by atoms with Gasteiger partial charge in [-0.2, -0.15) is 0 Å². The first kappa shape index (κ1) is 9.33. The van der Waals surface area contributed by atoms with E-state index in [1.165, 1.54) is 24.7 Å². The predicted molar refractivity (Wildman–Crippen MR) is 51.6 cm³/mol. The lowest BCUT2D eigenvalue weighted by molar-refractivity contribution is 0.587. The molecule has 1 aromatic carbocycles. The van der Waals surface area contributed by atoms with Gasteiger partial charge in [0.15, 0.2) is 0 Å². The monoisotopic (exact) mass is 258 g/mol. The molecule has 1 aromatic heterocycles. The van der Waals surface area contributed by atoms with Gasteiger partial charge in [-0.25, -0.2) is 13.8 Å². The van der Waals surface area contributed by atoms with Gasteiger partial charge in [0.2, 0.25) is 0 Å². The minimum absolute atomic E-state index is 0.0919. The Morgan fingerprint density at radius 2 is 1.86 bits per heavy atom. The number of nitrogens with zero attached hydrogens (tertiary/aromatic N) is 1. The Morgan fingerprint density at radius 1 is 1.21 bits per heavy atom. The lowest BCUT2D eigenvalue weighted by Crippen LogP contribution is -1.90. The van der Waals surface area contributed by atoms with Crippen molar-refractivity contribution in [3.8, 4) is 11.3 Å². The van der Waals surface area contributed by atoms with E-state index in [0.717, 1.165) is 0 Å². The van der Waals surface area contributed by atoms with Gasteiger partial charge >= 0.3 is 0 Å². The second kappa shape index (κ2) is 3.49. The third-order valence-electron chi connectivity index (χ3n) is 1.77. The predicted octanol–water partition coefficient (Wildman–Crippen LogP) is 3.12. The molecule has 2 aromatic rings. The summed E-state index contributed by atoms with van der Waals surface area (Å²) < 4.78 is 27.1. The molecule has 0 unspecified atom stereocenters. The lowest BCUT2D eigenvalue weighted by Gasteiger charge is -2.02. The summed E-state index contributed by atoms with van der Waals surface area (Å²) in [5, 5.41) is 0. The van der Waals surface area contributed by atoms with E-state index >= 15 is 0 Å². The number of imidazole rings is 1. The molecule has 72 valence electrons. The van der Waals surface area contributed by atoms with Crippen LogP contribution in [-0.4, -0.2) is 9.97 Å². The lowest BCUT2D eigenvalue weighted by atomic mass is 10.1. The number of aromatic amines is 1. The summed E-state index contributed by atoms with van der Waals surface area (Å²) in [4.78, 5) is 6.35. The number of H-pyrrole nitrogens is 1. The Hall–Kier alpha value is -1.23. The van der Waals surface area contributed by atoms with Gasteiger partial charge in [-0.05, 0) is 12.1 Å². The molecule has 0 spiro atoms. The van der Waals surface area contributed by atoms with Crippen molar-refractivity contribution in [2.75, 3.05) is 0 Å². The molecule has 0 bridgehead atoms. The number of hydrogen-bond donors (Lipinski definition) is 1. The highest BCUT2D eigenvalue weighted by Crippen LogP contribution is 2.26. The van der Waals surface area contributed by atoms with E-state index in [0.29, 0.717) is 10.2 Å². The fourth-order valence-corrected chi connectivity index (χ4v) is 1.59. The van der Waals surface area contributed by atoms with Crippen LogP contribution < -0.4 is 0 Å². The van der Waals surface area contributed by atoms with E-state index in [9.17, 15) is 8.78 Å². The first-order valence-corrected chi connectivity index (χ1v) is 4.61. The van der Waals surface area contributed by atoms with Crippen molar-refractivity contribution in [1.29, 1.82) is 0 Å². The molecule has 0 saturated heterocycles. The van der Waals surface area contributed by atoms with E-state index in [2.05, 4.69) is 25.9 Å². The maximum absolute atomic E-state index is 13.4. The molecule has 0 aliphatic heterocycles. The van der Waals surface area contributed by atoms with Crippen molar-refractivity contribution < 1.29 is 8.78 Å². The van der Waals surface area contributed by atoms with Crippen molar-refractivity contribution >= 4 is 15.9 Å². The first-order valence-electron chi connectivity index (χ1n) is 3.82. The SMILES string of the molecule is Fc1cc(Br)cc(F)c1-c1cnc[nH]1. The third-order valence-corrected chi connectivity index (χ3v) is 2.23. The third kappa shape index (κ3) is 1.55. The molecule has 0 aliphatic carbocycles. The van der Waals surface area contributed by atoms with Crippen molar-refractivity contribution in [2.24, 2.45) is 0 Å². The van der Waals surface area contributed by atoms with Crippen molar-refractivity contribution in [1.82, 2.24) is 9.97 Å². The summed E-state index contributed by atoms with van der Waals surface area (Å²) in [5.41, 5.74) is 0.234. The standard InChI is InChI=1S/C9H5BrF2N2/c10-5-1-6(11)9(7(12)2-5)8-3-13-4-14-8/h1-4H,(H,13,14). The van der Waals surface area contributed by atoms with Crippen LogP contribution in [0.1, 0.15) is 0 Å². The zero-order valence-electron chi connectivity index (χ0n) is 6.89. The van der Waals surface area contributed by atoms with Crippen molar-refractivity contribution in [3.05, 3.63) is 40.8 Å². The van der Waals surface area contributed by atoms with Crippen LogP contribution in [0.2, 0.25) is 0 Å². The summed E-state index contributed by atoms with van der Waals surface area (Å²) in [6.45, 7) is 0. The Morgan fingerprint density at radius 3 is 2.36 bits per heavy atom. The van der Waals surface area contributed by atoms with Crippen molar-refractivity contribution in [2.45, 2.75) is 0 Å². The van der Waals surface area contributed by atoms with Gasteiger partial charge in [-0.15, -0.1) is 0 Å². The summed E-state index contributed by atoms with van der Waals surface area (Å²) >= 11 is 3.00. The number of nitrogens with one attached hydrogen (secondary N) is 1. The normalized spacial score (nSPS) is 10.5. The molecule has 2 rings (SSSR count). The average Bonchev–Trinajstić information content (AvgIpc) is 2.54. The van der Waals surface area contributed by atoms with Gasteiger partial charge in [0.25, 0.3) is 0 Å². The highest BCUT2D eigenvalue weighted by atomic mass is 79.9. The molecule has 0 amide bonds. The second-order valence-electron chi connectivity index (χ2n) is 2.71. The van der Waals surface area contributed by atoms with Gasteiger partial charge < -0.3 is 4.98 Å². The summed E-state index contributed by atoms with van der Waals surface area (Å²) in [6.07, 6.45) is 2.74. The number of benzene rings is 1. The molecule has 5 heteroatoms. The van der Waals surface area contributed by atoms with E-state index in [1.54, 1.807) is 0 Å². The van der Waals surface area contributed by atoms with E-state index < -0.39 is 11.6 Å². The Bertz CT molecular complexity index is 431. The fraction of sp³-hybridized carbons (Fsp3) is 0. The molecule has 0 radical (unpaired) electrons. The van der Waals surface area contributed by atoms with Crippen LogP contribution in [0.3, 0.4) is 0 Å². The molecule has 0 aliphatic rings. The van der Waals surface area contributed by atoms with Crippen LogP contribution in [0.15, 0.2) is 29.1 Å². The molecule has 0 atom stereocenters. The largest absolute Gasteiger partial charge is 0.344 e. The summed E-state index contributed by atoms with van der Waals surface area (Å²) in [7, 11) is 0. The van der Waals surface area contributed by atoms with Crippen LogP contribution in [0.5, 0.6) is 0 Å². The van der Waals surface area contributed by atoms with Gasteiger partial charge in [-0.1, -0.05) is 15.9 Å². The van der Waals surface area contributed by atoms with Gasteiger partial charge in [0, 0.05) is 4.47 Å². The fourth-order valence-electron chi connectivity index (χ4n) is 1.19. The number of hydrogen-bond acceptors (Lipinski definition) is 1. The van der Waals surface area contributed by atoms with E-state index in [1.807, 2.05) is 0 Å². The van der Waals surface area contributed by atoms with Gasteiger partial charge in [-0.3, -0.25) is 0 Å². The molecule has 1 heterocycles. The number of halogens is 3. The molecule has 14 heavy (non-hydrogen) atoms. The molecular formula is C9H5BrF2N2. The Labute approximate surface area is 87.1 Å². The van der Waals surface area contributed by atoms with Crippen LogP contribution in [0.25, 0.3) is 11.3 Å². The first-order chi connectivity index (χ1) is 6.68. The quantitative estimate of drug-likeness (QED) is 0.837.